The summed E-state index contributed by atoms with van der Waals surface area (Å²) in [7, 11) is 0. The van der Waals surface area contributed by atoms with Crippen LogP contribution in [0.25, 0.3) is 0 Å². The minimum atomic E-state index is 0.422. The van der Waals surface area contributed by atoms with Gasteiger partial charge in [0.2, 0.25) is 0 Å². The third-order valence-corrected chi connectivity index (χ3v) is 3.66. The molecule has 0 aliphatic heterocycles. The lowest BCUT2D eigenvalue weighted by Crippen LogP contribution is -1.98. The fourth-order valence-corrected chi connectivity index (χ4v) is 2.20. The second-order valence-corrected chi connectivity index (χ2v) is 5.33. The molecular weight excluding hydrogens is 244 g/mol. The van der Waals surface area contributed by atoms with Crippen LogP contribution >= 0.6 is 11.3 Å². The summed E-state index contributed by atoms with van der Waals surface area (Å²) in [5, 5.41) is 22.3. The van der Waals surface area contributed by atoms with E-state index in [2.05, 4.69) is 35.4 Å². The highest BCUT2D eigenvalue weighted by atomic mass is 32.1. The van der Waals surface area contributed by atoms with Crippen molar-refractivity contribution in [3.8, 4) is 6.07 Å². The monoisotopic (exact) mass is 258 g/mol. The molecule has 0 saturated heterocycles. The largest absolute Gasteiger partial charge is 0.378 e. The molecule has 0 unspecified atom stereocenters. The summed E-state index contributed by atoms with van der Waals surface area (Å²) in [5.41, 5.74) is 1.65. The van der Waals surface area contributed by atoms with Gasteiger partial charge >= 0.3 is 0 Å². The van der Waals surface area contributed by atoms with Crippen LogP contribution in [0.3, 0.4) is 0 Å². The average Bonchev–Trinajstić information content (AvgIpc) is 2.86. The molecule has 0 aliphatic carbocycles. The molecule has 0 bridgehead atoms. The van der Waals surface area contributed by atoms with Gasteiger partial charge in [-0.05, 0) is 24.3 Å². The molecular formula is C13H14N4S. The summed E-state index contributed by atoms with van der Waals surface area (Å²) in [6, 6.07) is 9.47. The second-order valence-electron chi connectivity index (χ2n) is 4.23. The molecule has 0 fully saturated rings. The van der Waals surface area contributed by atoms with E-state index < -0.39 is 0 Å². The van der Waals surface area contributed by atoms with Gasteiger partial charge in [-0.3, -0.25) is 0 Å². The minimum Gasteiger partial charge on any atom is -0.378 e. The Balaban J connectivity index is 1.96. The summed E-state index contributed by atoms with van der Waals surface area (Å²) in [4.78, 5) is 0. The highest BCUT2D eigenvalue weighted by Crippen LogP contribution is 2.19. The van der Waals surface area contributed by atoms with Crippen LogP contribution in [0.1, 0.15) is 35.3 Å². The van der Waals surface area contributed by atoms with Gasteiger partial charge in [0.15, 0.2) is 0 Å². The lowest BCUT2D eigenvalue weighted by molar-refractivity contribution is 0.818. The molecule has 0 atom stereocenters. The number of rotatable bonds is 4. The molecule has 1 aromatic carbocycles. The van der Waals surface area contributed by atoms with Gasteiger partial charge in [0.05, 0.1) is 18.2 Å². The van der Waals surface area contributed by atoms with Crippen molar-refractivity contribution in [3.63, 3.8) is 0 Å². The van der Waals surface area contributed by atoms with E-state index in [1.165, 1.54) is 0 Å². The summed E-state index contributed by atoms with van der Waals surface area (Å²) in [5.74, 6) is 0.422. The van der Waals surface area contributed by atoms with Gasteiger partial charge in [0.1, 0.15) is 10.0 Å². The smallest absolute Gasteiger partial charge is 0.136 e. The Labute approximate surface area is 110 Å². The van der Waals surface area contributed by atoms with Crippen LogP contribution < -0.4 is 5.32 Å². The first kappa shape index (κ1) is 12.5. The van der Waals surface area contributed by atoms with Gasteiger partial charge in [-0.25, -0.2) is 0 Å². The molecule has 0 radical (unpaired) electrons. The van der Waals surface area contributed by atoms with Gasteiger partial charge < -0.3 is 5.32 Å². The molecule has 5 heteroatoms. The molecule has 4 nitrogen and oxygen atoms in total. The van der Waals surface area contributed by atoms with Crippen LogP contribution in [0.5, 0.6) is 0 Å². The van der Waals surface area contributed by atoms with E-state index in [0.29, 0.717) is 18.0 Å². The van der Waals surface area contributed by atoms with E-state index in [1.807, 2.05) is 12.1 Å². The van der Waals surface area contributed by atoms with E-state index in [0.717, 1.165) is 15.7 Å². The van der Waals surface area contributed by atoms with Crippen LogP contribution in [0.4, 0.5) is 5.69 Å². The standard InChI is InChI=1S/C13H14N4S/c1-9(2)13-17-16-12(18-13)8-15-11-5-3-10(7-14)4-6-11/h3-6,9,15H,8H2,1-2H3. The summed E-state index contributed by atoms with van der Waals surface area (Å²) < 4.78 is 0. The Kier molecular flexibility index (Phi) is 3.90. The molecule has 2 aromatic rings. The van der Waals surface area contributed by atoms with Crippen molar-refractivity contribution >= 4 is 17.0 Å². The van der Waals surface area contributed by atoms with E-state index >= 15 is 0 Å². The van der Waals surface area contributed by atoms with Crippen LogP contribution in [0.15, 0.2) is 24.3 Å². The van der Waals surface area contributed by atoms with Crippen molar-refractivity contribution in [1.82, 2.24) is 10.2 Å². The van der Waals surface area contributed by atoms with Crippen LogP contribution in [-0.2, 0) is 6.54 Å². The number of anilines is 1. The van der Waals surface area contributed by atoms with Crippen LogP contribution in [-0.4, -0.2) is 10.2 Å². The molecule has 0 spiro atoms. The molecule has 1 aromatic heterocycles. The van der Waals surface area contributed by atoms with Crippen molar-refractivity contribution in [2.45, 2.75) is 26.3 Å². The first-order chi connectivity index (χ1) is 8.69. The predicted molar refractivity (Wildman–Crippen MR) is 72.5 cm³/mol. The van der Waals surface area contributed by atoms with Crippen molar-refractivity contribution in [2.24, 2.45) is 0 Å². The maximum Gasteiger partial charge on any atom is 0.136 e. The highest BCUT2D eigenvalue weighted by Gasteiger charge is 2.07. The topological polar surface area (TPSA) is 61.6 Å². The van der Waals surface area contributed by atoms with Gasteiger partial charge in [0, 0.05) is 11.6 Å². The zero-order chi connectivity index (χ0) is 13.0. The third-order valence-electron chi connectivity index (χ3n) is 2.43. The number of aromatic nitrogens is 2. The zero-order valence-corrected chi connectivity index (χ0v) is 11.2. The Morgan fingerprint density at radius 1 is 1.28 bits per heavy atom. The van der Waals surface area contributed by atoms with Crippen LogP contribution in [0.2, 0.25) is 0 Å². The van der Waals surface area contributed by atoms with Gasteiger partial charge in [-0.1, -0.05) is 25.2 Å². The predicted octanol–water partition coefficient (Wildman–Crippen LogP) is 3.15. The average molecular weight is 258 g/mol. The molecule has 2 rings (SSSR count). The number of hydrogen-bond donors (Lipinski definition) is 1. The second kappa shape index (κ2) is 5.61. The maximum atomic E-state index is 8.70. The number of benzene rings is 1. The summed E-state index contributed by atoms with van der Waals surface area (Å²) in [6.45, 7) is 4.88. The van der Waals surface area contributed by atoms with Gasteiger partial charge in [0.25, 0.3) is 0 Å². The number of nitriles is 1. The summed E-state index contributed by atoms with van der Waals surface area (Å²) >= 11 is 1.63. The molecule has 92 valence electrons. The van der Waals surface area contributed by atoms with E-state index in [-0.39, 0.29) is 0 Å². The van der Waals surface area contributed by atoms with Gasteiger partial charge in [-0.2, -0.15) is 5.26 Å². The molecule has 18 heavy (non-hydrogen) atoms. The number of hydrogen-bond acceptors (Lipinski definition) is 5. The Bertz CT molecular complexity index is 551. The minimum absolute atomic E-state index is 0.422. The van der Waals surface area contributed by atoms with E-state index in [9.17, 15) is 0 Å². The van der Waals surface area contributed by atoms with Crippen molar-refractivity contribution in [1.29, 1.82) is 5.26 Å². The maximum absolute atomic E-state index is 8.70. The molecule has 1 N–H and O–H groups in total. The third kappa shape index (κ3) is 3.05. The molecule has 1 heterocycles. The highest BCUT2D eigenvalue weighted by molar-refractivity contribution is 7.11. The SMILES string of the molecule is CC(C)c1nnc(CNc2ccc(C#N)cc2)s1. The molecule has 0 aliphatic rings. The number of nitrogens with one attached hydrogen (secondary N) is 1. The first-order valence-electron chi connectivity index (χ1n) is 5.75. The summed E-state index contributed by atoms with van der Waals surface area (Å²) in [6.07, 6.45) is 0. The molecule has 0 amide bonds. The lowest BCUT2D eigenvalue weighted by atomic mass is 10.2. The van der Waals surface area contributed by atoms with Crippen LogP contribution in [0, 0.1) is 11.3 Å². The fourth-order valence-electron chi connectivity index (χ4n) is 1.41. The quantitative estimate of drug-likeness (QED) is 0.915. The van der Waals surface area contributed by atoms with Gasteiger partial charge in [-0.15, -0.1) is 10.2 Å². The first-order valence-corrected chi connectivity index (χ1v) is 6.57. The van der Waals surface area contributed by atoms with Crippen molar-refractivity contribution < 1.29 is 0 Å². The fraction of sp³-hybridized carbons (Fsp3) is 0.308. The van der Waals surface area contributed by atoms with E-state index in [1.54, 1.807) is 23.5 Å². The molecule has 0 saturated carbocycles. The normalized spacial score (nSPS) is 10.3. The van der Waals surface area contributed by atoms with E-state index in [4.69, 9.17) is 5.26 Å². The Hall–Kier alpha value is -1.93. The Morgan fingerprint density at radius 3 is 2.56 bits per heavy atom. The van der Waals surface area contributed by atoms with Crippen molar-refractivity contribution in [3.05, 3.63) is 39.8 Å². The zero-order valence-electron chi connectivity index (χ0n) is 10.3. The number of nitrogens with zero attached hydrogens (tertiary/aromatic N) is 3. The lowest BCUT2D eigenvalue weighted by Gasteiger charge is -2.03. The van der Waals surface area contributed by atoms with Crippen molar-refractivity contribution in [2.75, 3.05) is 5.32 Å². The Morgan fingerprint density at radius 2 is 2.00 bits per heavy atom.